The van der Waals surface area contributed by atoms with Gasteiger partial charge in [0.15, 0.2) is 23.3 Å². The van der Waals surface area contributed by atoms with Crippen molar-refractivity contribution in [2.45, 2.75) is 13.8 Å². The standard InChI is InChI=1S/C12H12F5NO2/c1-4(2)5(12(19)20)3-18-11-9(16)7(14)6(13)8(15)10(11)17/h4-5,18H,3H2,1-2H3,(H,19,20). The lowest BCUT2D eigenvalue weighted by atomic mass is 9.96. The zero-order chi connectivity index (χ0) is 15.6. The summed E-state index contributed by atoms with van der Waals surface area (Å²) >= 11 is 0. The SMILES string of the molecule is CC(C)C(CNc1c(F)c(F)c(F)c(F)c1F)C(=O)O. The van der Waals surface area contributed by atoms with Crippen LogP contribution >= 0.6 is 0 Å². The summed E-state index contributed by atoms with van der Waals surface area (Å²) in [6, 6.07) is 0. The molecule has 0 saturated carbocycles. The molecule has 0 amide bonds. The molecule has 1 aromatic rings. The Bertz CT molecular complexity index is 504. The second-order valence-corrected chi connectivity index (χ2v) is 4.51. The molecule has 0 fully saturated rings. The minimum absolute atomic E-state index is 0.388. The van der Waals surface area contributed by atoms with Gasteiger partial charge in [-0.3, -0.25) is 4.79 Å². The van der Waals surface area contributed by atoms with Crippen LogP contribution in [0.4, 0.5) is 27.6 Å². The van der Waals surface area contributed by atoms with E-state index in [2.05, 4.69) is 0 Å². The number of aliphatic carboxylic acids is 1. The predicted octanol–water partition coefficient (Wildman–Crippen LogP) is 3.15. The maximum absolute atomic E-state index is 13.3. The molecule has 0 aliphatic rings. The summed E-state index contributed by atoms with van der Waals surface area (Å²) in [6.07, 6.45) is 0. The van der Waals surface area contributed by atoms with Gasteiger partial charge >= 0.3 is 5.97 Å². The predicted molar refractivity (Wildman–Crippen MR) is 60.7 cm³/mol. The minimum atomic E-state index is -2.26. The van der Waals surface area contributed by atoms with Gasteiger partial charge in [0.2, 0.25) is 5.82 Å². The van der Waals surface area contributed by atoms with E-state index < -0.39 is 53.2 Å². The Morgan fingerprint density at radius 1 is 1.00 bits per heavy atom. The Morgan fingerprint density at radius 3 is 1.75 bits per heavy atom. The third-order valence-corrected chi connectivity index (χ3v) is 2.83. The summed E-state index contributed by atoms with van der Waals surface area (Å²) in [7, 11) is 0. The quantitative estimate of drug-likeness (QED) is 0.498. The normalized spacial score (nSPS) is 12.6. The van der Waals surface area contributed by atoms with E-state index >= 15 is 0 Å². The first-order valence-electron chi connectivity index (χ1n) is 5.66. The van der Waals surface area contributed by atoms with E-state index in [1.807, 2.05) is 5.32 Å². The van der Waals surface area contributed by atoms with Gasteiger partial charge in [-0.1, -0.05) is 13.8 Å². The highest BCUT2D eigenvalue weighted by Gasteiger charge is 2.27. The number of carboxylic acid groups (broad SMARTS) is 1. The molecule has 0 saturated heterocycles. The summed E-state index contributed by atoms with van der Waals surface area (Å²) in [5.74, 6) is -13.1. The van der Waals surface area contributed by atoms with Crippen LogP contribution in [0.1, 0.15) is 13.8 Å². The maximum atomic E-state index is 13.3. The Hall–Kier alpha value is -1.86. The maximum Gasteiger partial charge on any atom is 0.308 e. The van der Waals surface area contributed by atoms with E-state index in [1.165, 1.54) is 0 Å². The van der Waals surface area contributed by atoms with Gasteiger partial charge in [0.1, 0.15) is 5.69 Å². The Kier molecular flexibility index (Phi) is 4.91. The highest BCUT2D eigenvalue weighted by atomic mass is 19.2. The van der Waals surface area contributed by atoms with Gasteiger partial charge in [-0.15, -0.1) is 0 Å². The van der Waals surface area contributed by atoms with E-state index in [0.29, 0.717) is 0 Å². The molecule has 0 spiro atoms. The van der Waals surface area contributed by atoms with Crippen LogP contribution < -0.4 is 5.32 Å². The van der Waals surface area contributed by atoms with E-state index in [9.17, 15) is 26.7 Å². The molecule has 1 atom stereocenters. The number of benzene rings is 1. The number of rotatable bonds is 5. The number of carbonyl (C=O) groups is 1. The van der Waals surface area contributed by atoms with Crippen LogP contribution in [0.2, 0.25) is 0 Å². The molecule has 1 rings (SSSR count). The zero-order valence-corrected chi connectivity index (χ0v) is 10.6. The zero-order valence-electron chi connectivity index (χ0n) is 10.6. The Labute approximate surface area is 111 Å². The van der Waals surface area contributed by atoms with Crippen LogP contribution in [0.25, 0.3) is 0 Å². The second-order valence-electron chi connectivity index (χ2n) is 4.51. The van der Waals surface area contributed by atoms with Crippen LogP contribution in [-0.4, -0.2) is 17.6 Å². The smallest absolute Gasteiger partial charge is 0.308 e. The van der Waals surface area contributed by atoms with Gasteiger partial charge in [0.25, 0.3) is 0 Å². The monoisotopic (exact) mass is 297 g/mol. The average molecular weight is 297 g/mol. The van der Waals surface area contributed by atoms with Crippen molar-refractivity contribution >= 4 is 11.7 Å². The van der Waals surface area contributed by atoms with Crippen molar-refractivity contribution in [3.8, 4) is 0 Å². The van der Waals surface area contributed by atoms with Crippen molar-refractivity contribution in [3.63, 3.8) is 0 Å². The molecule has 20 heavy (non-hydrogen) atoms. The van der Waals surface area contributed by atoms with E-state index in [0.717, 1.165) is 0 Å². The Morgan fingerprint density at radius 2 is 1.40 bits per heavy atom. The molecule has 0 aliphatic heterocycles. The summed E-state index contributed by atoms with van der Waals surface area (Å²) in [5.41, 5.74) is -1.23. The largest absolute Gasteiger partial charge is 0.481 e. The molecule has 3 nitrogen and oxygen atoms in total. The number of nitrogens with one attached hydrogen (secondary N) is 1. The first-order chi connectivity index (χ1) is 9.18. The van der Waals surface area contributed by atoms with Gasteiger partial charge in [-0.2, -0.15) is 0 Å². The molecule has 0 aliphatic carbocycles. The molecule has 1 aromatic carbocycles. The van der Waals surface area contributed by atoms with Crippen molar-refractivity contribution < 1.29 is 31.9 Å². The molecule has 0 heterocycles. The van der Waals surface area contributed by atoms with Crippen molar-refractivity contribution in [2.75, 3.05) is 11.9 Å². The molecule has 8 heteroatoms. The molecule has 0 aromatic heterocycles. The number of carboxylic acids is 1. The van der Waals surface area contributed by atoms with Gasteiger partial charge in [-0.25, -0.2) is 22.0 Å². The third kappa shape index (κ3) is 3.00. The number of anilines is 1. The number of hydrogen-bond acceptors (Lipinski definition) is 2. The summed E-state index contributed by atoms with van der Waals surface area (Å²) in [6.45, 7) is 2.64. The van der Waals surface area contributed by atoms with Crippen LogP contribution in [0.3, 0.4) is 0 Å². The van der Waals surface area contributed by atoms with E-state index in [1.54, 1.807) is 13.8 Å². The minimum Gasteiger partial charge on any atom is -0.481 e. The van der Waals surface area contributed by atoms with E-state index in [4.69, 9.17) is 5.11 Å². The van der Waals surface area contributed by atoms with Gasteiger partial charge in [0, 0.05) is 6.54 Å². The van der Waals surface area contributed by atoms with Crippen molar-refractivity contribution in [1.29, 1.82) is 0 Å². The highest BCUT2D eigenvalue weighted by Crippen LogP contribution is 2.27. The molecule has 0 bridgehead atoms. The van der Waals surface area contributed by atoms with Gasteiger partial charge in [-0.05, 0) is 5.92 Å². The Balaban J connectivity index is 3.08. The highest BCUT2D eigenvalue weighted by molar-refractivity contribution is 5.71. The molecule has 0 radical (unpaired) electrons. The number of hydrogen-bond donors (Lipinski definition) is 2. The van der Waals surface area contributed by atoms with Crippen LogP contribution in [-0.2, 0) is 4.79 Å². The summed E-state index contributed by atoms with van der Waals surface area (Å²) < 4.78 is 65.3. The van der Waals surface area contributed by atoms with Crippen molar-refractivity contribution in [3.05, 3.63) is 29.1 Å². The first kappa shape index (κ1) is 16.2. The fourth-order valence-corrected chi connectivity index (χ4v) is 1.58. The lowest BCUT2D eigenvalue weighted by molar-refractivity contribution is -0.142. The number of halogens is 5. The van der Waals surface area contributed by atoms with Crippen molar-refractivity contribution in [1.82, 2.24) is 0 Å². The lowest BCUT2D eigenvalue weighted by Crippen LogP contribution is -2.28. The fourth-order valence-electron chi connectivity index (χ4n) is 1.58. The average Bonchev–Trinajstić information content (AvgIpc) is 2.37. The van der Waals surface area contributed by atoms with Crippen LogP contribution in [0, 0.1) is 40.9 Å². The van der Waals surface area contributed by atoms with Crippen LogP contribution in [0.15, 0.2) is 0 Å². The van der Waals surface area contributed by atoms with Gasteiger partial charge in [0.05, 0.1) is 5.92 Å². The molecule has 1 unspecified atom stereocenters. The van der Waals surface area contributed by atoms with E-state index in [-0.39, 0.29) is 5.92 Å². The second kappa shape index (κ2) is 6.06. The fraction of sp³-hybridized carbons (Fsp3) is 0.417. The lowest BCUT2D eigenvalue weighted by Gasteiger charge is -2.18. The van der Waals surface area contributed by atoms with Gasteiger partial charge < -0.3 is 10.4 Å². The molecular formula is C12H12F5NO2. The summed E-state index contributed by atoms with van der Waals surface area (Å²) in [5, 5.41) is 10.9. The van der Waals surface area contributed by atoms with Crippen molar-refractivity contribution in [2.24, 2.45) is 11.8 Å². The first-order valence-corrected chi connectivity index (χ1v) is 5.66. The molecule has 2 N–H and O–H groups in total. The summed E-state index contributed by atoms with van der Waals surface area (Å²) in [4.78, 5) is 10.9. The molecule has 112 valence electrons. The molecular weight excluding hydrogens is 285 g/mol. The third-order valence-electron chi connectivity index (χ3n) is 2.83. The van der Waals surface area contributed by atoms with Crippen LogP contribution in [0.5, 0.6) is 0 Å². The topological polar surface area (TPSA) is 49.3 Å².